The highest BCUT2D eigenvalue weighted by Gasteiger charge is 2.04. The summed E-state index contributed by atoms with van der Waals surface area (Å²) in [5.41, 5.74) is 7.72. The summed E-state index contributed by atoms with van der Waals surface area (Å²) in [6, 6.07) is 7.98. The van der Waals surface area contributed by atoms with Crippen molar-refractivity contribution in [3.05, 3.63) is 28.6 Å². The summed E-state index contributed by atoms with van der Waals surface area (Å²) < 4.78 is 1.02. The van der Waals surface area contributed by atoms with Gasteiger partial charge in [0.2, 0.25) is 0 Å². The lowest BCUT2D eigenvalue weighted by Gasteiger charge is -1.97. The second-order valence-electron chi connectivity index (χ2n) is 2.99. The zero-order valence-corrected chi connectivity index (χ0v) is 7.98. The first kappa shape index (κ1) is 8.09. The molecule has 2 rings (SSSR count). The van der Waals surface area contributed by atoms with E-state index in [1.807, 2.05) is 25.1 Å². The Kier molecular flexibility index (Phi) is 1.71. The van der Waals surface area contributed by atoms with E-state index in [0.29, 0.717) is 4.88 Å². The van der Waals surface area contributed by atoms with Gasteiger partial charge in [-0.1, -0.05) is 6.07 Å². The van der Waals surface area contributed by atoms with Crippen LogP contribution in [0, 0.1) is 18.3 Å². The molecule has 0 fully saturated rings. The molecule has 2 nitrogen and oxygen atoms in total. The summed E-state index contributed by atoms with van der Waals surface area (Å²) in [6.45, 7) is 2.00. The minimum atomic E-state index is 0.715. The van der Waals surface area contributed by atoms with Crippen LogP contribution in [0.5, 0.6) is 0 Å². The highest BCUT2D eigenvalue weighted by Crippen LogP contribution is 2.30. The summed E-state index contributed by atoms with van der Waals surface area (Å²) in [4.78, 5) is 0.715. The molecule has 0 saturated carbocycles. The number of nitrogens with two attached hydrogens (primary N) is 1. The van der Waals surface area contributed by atoms with Gasteiger partial charge in [0, 0.05) is 5.69 Å². The van der Waals surface area contributed by atoms with Crippen LogP contribution in [-0.4, -0.2) is 0 Å². The van der Waals surface area contributed by atoms with E-state index < -0.39 is 0 Å². The molecule has 0 aliphatic heterocycles. The van der Waals surface area contributed by atoms with E-state index in [0.717, 1.165) is 21.3 Å². The van der Waals surface area contributed by atoms with Crippen LogP contribution in [0.4, 0.5) is 5.69 Å². The summed E-state index contributed by atoms with van der Waals surface area (Å²) >= 11 is 1.45. The van der Waals surface area contributed by atoms with Crippen molar-refractivity contribution in [2.75, 3.05) is 5.73 Å². The third-order valence-corrected chi connectivity index (χ3v) is 3.00. The van der Waals surface area contributed by atoms with Gasteiger partial charge < -0.3 is 5.73 Å². The molecule has 0 saturated heterocycles. The van der Waals surface area contributed by atoms with Crippen LogP contribution in [0.15, 0.2) is 18.2 Å². The van der Waals surface area contributed by atoms with Gasteiger partial charge in [0.05, 0.1) is 4.70 Å². The Morgan fingerprint density at radius 1 is 1.38 bits per heavy atom. The molecule has 0 aliphatic rings. The lowest BCUT2D eigenvalue weighted by Crippen LogP contribution is -1.84. The molecule has 13 heavy (non-hydrogen) atoms. The molecule has 2 N–H and O–H groups in total. The number of anilines is 1. The van der Waals surface area contributed by atoms with Crippen LogP contribution >= 0.6 is 11.3 Å². The Bertz CT molecular complexity index is 505. The van der Waals surface area contributed by atoms with E-state index >= 15 is 0 Å². The second-order valence-corrected chi connectivity index (χ2v) is 4.05. The summed E-state index contributed by atoms with van der Waals surface area (Å²) in [5, 5.41) is 9.79. The van der Waals surface area contributed by atoms with Crippen molar-refractivity contribution in [3.8, 4) is 6.07 Å². The lowest BCUT2D eigenvalue weighted by molar-refractivity contribution is 1.51. The Morgan fingerprint density at radius 3 is 2.85 bits per heavy atom. The van der Waals surface area contributed by atoms with Gasteiger partial charge in [-0.15, -0.1) is 11.3 Å². The van der Waals surface area contributed by atoms with Crippen LogP contribution < -0.4 is 5.73 Å². The first-order chi connectivity index (χ1) is 6.20. The molecule has 0 bridgehead atoms. The molecule has 2 aromatic rings. The SMILES string of the molecule is Cc1cc(N)c2sc(C#N)cc2c1. The molecule has 64 valence electrons. The highest BCUT2D eigenvalue weighted by molar-refractivity contribution is 7.20. The first-order valence-corrected chi connectivity index (χ1v) is 4.72. The fraction of sp³-hybridized carbons (Fsp3) is 0.100. The van der Waals surface area contributed by atoms with Crippen LogP contribution in [0.3, 0.4) is 0 Å². The van der Waals surface area contributed by atoms with Gasteiger partial charge in [-0.25, -0.2) is 0 Å². The average Bonchev–Trinajstić information content (AvgIpc) is 2.47. The molecule has 3 heteroatoms. The zero-order valence-electron chi connectivity index (χ0n) is 7.16. The van der Waals surface area contributed by atoms with Crippen LogP contribution in [0.2, 0.25) is 0 Å². The number of benzene rings is 1. The largest absolute Gasteiger partial charge is 0.398 e. The predicted octanol–water partition coefficient (Wildman–Crippen LogP) is 2.66. The van der Waals surface area contributed by atoms with E-state index in [1.54, 1.807) is 0 Å². The number of fused-ring (bicyclic) bond motifs is 1. The third-order valence-electron chi connectivity index (χ3n) is 1.90. The van der Waals surface area contributed by atoms with E-state index in [2.05, 4.69) is 6.07 Å². The number of aryl methyl sites for hydroxylation is 1. The van der Waals surface area contributed by atoms with E-state index in [4.69, 9.17) is 11.0 Å². The Morgan fingerprint density at radius 2 is 2.15 bits per heavy atom. The number of hydrogen-bond donors (Lipinski definition) is 1. The van der Waals surface area contributed by atoms with Gasteiger partial charge >= 0.3 is 0 Å². The molecule has 0 spiro atoms. The molecule has 0 atom stereocenters. The maximum Gasteiger partial charge on any atom is 0.110 e. The molecule has 1 heterocycles. The van der Waals surface area contributed by atoms with E-state index in [1.165, 1.54) is 11.3 Å². The molecule has 1 aromatic carbocycles. The van der Waals surface area contributed by atoms with Gasteiger partial charge in [-0.3, -0.25) is 0 Å². The van der Waals surface area contributed by atoms with Gasteiger partial charge in [0.1, 0.15) is 10.9 Å². The molecule has 0 amide bonds. The van der Waals surface area contributed by atoms with Gasteiger partial charge in [0.25, 0.3) is 0 Å². The van der Waals surface area contributed by atoms with Crippen molar-refractivity contribution in [1.82, 2.24) is 0 Å². The van der Waals surface area contributed by atoms with Crippen molar-refractivity contribution >= 4 is 27.1 Å². The monoisotopic (exact) mass is 188 g/mol. The smallest absolute Gasteiger partial charge is 0.110 e. The summed E-state index contributed by atoms with van der Waals surface area (Å²) in [7, 11) is 0. The normalized spacial score (nSPS) is 10.2. The van der Waals surface area contributed by atoms with E-state index in [-0.39, 0.29) is 0 Å². The minimum Gasteiger partial charge on any atom is -0.398 e. The van der Waals surface area contributed by atoms with Crippen LogP contribution in [0.1, 0.15) is 10.4 Å². The molecule has 1 aromatic heterocycles. The zero-order chi connectivity index (χ0) is 9.42. The molecule has 0 aliphatic carbocycles. The Balaban J connectivity index is 2.84. The van der Waals surface area contributed by atoms with E-state index in [9.17, 15) is 0 Å². The third kappa shape index (κ3) is 1.25. The topological polar surface area (TPSA) is 49.8 Å². The summed E-state index contributed by atoms with van der Waals surface area (Å²) in [6.07, 6.45) is 0. The number of rotatable bonds is 0. The number of hydrogen-bond acceptors (Lipinski definition) is 3. The number of nitriles is 1. The number of nitrogens with zero attached hydrogens (tertiary/aromatic N) is 1. The van der Waals surface area contributed by atoms with Crippen molar-refractivity contribution in [3.63, 3.8) is 0 Å². The van der Waals surface area contributed by atoms with Crippen molar-refractivity contribution in [2.24, 2.45) is 0 Å². The highest BCUT2D eigenvalue weighted by atomic mass is 32.1. The van der Waals surface area contributed by atoms with Gasteiger partial charge in [-0.2, -0.15) is 5.26 Å². The first-order valence-electron chi connectivity index (χ1n) is 3.90. The van der Waals surface area contributed by atoms with Crippen molar-refractivity contribution in [1.29, 1.82) is 5.26 Å². The van der Waals surface area contributed by atoms with Gasteiger partial charge in [-0.05, 0) is 30.0 Å². The van der Waals surface area contributed by atoms with Crippen LogP contribution in [-0.2, 0) is 0 Å². The Labute approximate surface area is 80.2 Å². The fourth-order valence-corrected chi connectivity index (χ4v) is 2.25. The molecule has 0 radical (unpaired) electrons. The van der Waals surface area contributed by atoms with Crippen molar-refractivity contribution < 1.29 is 0 Å². The fourth-order valence-electron chi connectivity index (χ4n) is 1.39. The standard InChI is InChI=1S/C10H8N2S/c1-6-2-7-4-8(5-11)13-10(7)9(12)3-6/h2-4H,12H2,1H3. The lowest BCUT2D eigenvalue weighted by atomic mass is 10.1. The average molecular weight is 188 g/mol. The molecular formula is C10H8N2S. The van der Waals surface area contributed by atoms with Crippen molar-refractivity contribution in [2.45, 2.75) is 6.92 Å². The quantitative estimate of drug-likeness (QED) is 0.646. The van der Waals surface area contributed by atoms with Crippen LogP contribution in [0.25, 0.3) is 10.1 Å². The number of thiophene rings is 1. The Hall–Kier alpha value is -1.53. The number of nitrogen functional groups attached to an aromatic ring is 1. The second kappa shape index (κ2) is 2.75. The minimum absolute atomic E-state index is 0.715. The predicted molar refractivity (Wildman–Crippen MR) is 55.7 cm³/mol. The summed E-state index contributed by atoms with van der Waals surface area (Å²) in [5.74, 6) is 0. The molecular weight excluding hydrogens is 180 g/mol. The molecule has 0 unspecified atom stereocenters. The van der Waals surface area contributed by atoms with Gasteiger partial charge in [0.15, 0.2) is 0 Å². The maximum absolute atomic E-state index is 8.72. The maximum atomic E-state index is 8.72.